The largest absolute Gasteiger partial charge is 0.535 e. The fourth-order valence-corrected chi connectivity index (χ4v) is 4.52. The van der Waals surface area contributed by atoms with E-state index < -0.39 is 35.6 Å². The Morgan fingerprint density at radius 1 is 1.00 bits per heavy atom. The van der Waals surface area contributed by atoms with Gasteiger partial charge in [-0.25, -0.2) is 14.8 Å². The number of nitrogens with zero attached hydrogens (tertiary/aromatic N) is 3. The van der Waals surface area contributed by atoms with E-state index in [0.717, 1.165) is 48.4 Å². The smallest absolute Gasteiger partial charge is 0.432 e. The lowest BCUT2D eigenvalue weighted by Gasteiger charge is -2.27. The summed E-state index contributed by atoms with van der Waals surface area (Å²) in [7, 11) is 2.30. The second-order valence-corrected chi connectivity index (χ2v) is 8.90. The number of ether oxygens (including phenoxy) is 1. The summed E-state index contributed by atoms with van der Waals surface area (Å²) in [5.74, 6) is -2.53. The molecule has 1 aliphatic carbocycles. The maximum Gasteiger partial charge on any atom is 0.535 e. The van der Waals surface area contributed by atoms with Crippen molar-refractivity contribution in [2.24, 2.45) is 5.16 Å². The number of urea groups is 1. The zero-order chi connectivity index (χ0) is 26.0. The van der Waals surface area contributed by atoms with Crippen LogP contribution in [0.5, 0.6) is 0 Å². The molecule has 1 saturated heterocycles. The first-order valence-corrected chi connectivity index (χ1v) is 11.5. The molecule has 13 nitrogen and oxygen atoms in total. The Morgan fingerprint density at radius 2 is 1.58 bits per heavy atom. The average Bonchev–Trinajstić information content (AvgIpc) is 3.20. The van der Waals surface area contributed by atoms with E-state index in [1.807, 2.05) is 12.1 Å². The van der Waals surface area contributed by atoms with Gasteiger partial charge >= 0.3 is 12.2 Å². The van der Waals surface area contributed by atoms with E-state index in [1.54, 1.807) is 24.3 Å². The van der Waals surface area contributed by atoms with Gasteiger partial charge in [-0.3, -0.25) is 24.2 Å². The first-order valence-electron chi connectivity index (χ1n) is 10.0. The Kier molecular flexibility index (Phi) is 7.58. The molecule has 1 fully saturated rings. The summed E-state index contributed by atoms with van der Waals surface area (Å²) in [6.07, 6.45) is -1.28. The van der Waals surface area contributed by atoms with Gasteiger partial charge in [-0.2, -0.15) is 0 Å². The quantitative estimate of drug-likeness (QED) is 0.175. The van der Waals surface area contributed by atoms with Crippen LogP contribution in [-0.2, 0) is 28.5 Å². The maximum absolute atomic E-state index is 12.3. The van der Waals surface area contributed by atoms with E-state index >= 15 is 0 Å². The number of rotatable bonds is 7. The standard InChI is InChI=1S/C21H17N3O10S2/c1-23-18(25)17(19(26)24(2)20(23)27)22-32-21(28)31-9-16-14-7-10(35-30)3-5-12(14)13-6-4-11(8-15(13)16)36-34-33-29/h3-8,16,29-30H,9H2,1-2H3. The number of hydrogen-bond donors (Lipinski definition) is 2. The Hall–Kier alpha value is -3.47. The zero-order valence-electron chi connectivity index (χ0n) is 18.6. The van der Waals surface area contributed by atoms with Crippen molar-refractivity contribution in [3.8, 4) is 11.1 Å². The lowest BCUT2D eigenvalue weighted by atomic mass is 9.98. The van der Waals surface area contributed by atoms with Crippen LogP contribution < -0.4 is 0 Å². The summed E-state index contributed by atoms with van der Waals surface area (Å²) in [4.78, 5) is 55.4. The highest BCUT2D eigenvalue weighted by molar-refractivity contribution is 7.94. The first kappa shape index (κ1) is 25.6. The molecule has 4 rings (SSSR count). The molecule has 15 heteroatoms. The van der Waals surface area contributed by atoms with Gasteiger partial charge in [0.25, 0.3) is 11.8 Å². The summed E-state index contributed by atoms with van der Waals surface area (Å²) in [5, 5.41) is 15.4. The third kappa shape index (κ3) is 4.79. The molecular formula is C21H17N3O10S2. The predicted octanol–water partition coefficient (Wildman–Crippen LogP) is 3.35. The second kappa shape index (κ2) is 10.7. The van der Waals surface area contributed by atoms with Crippen molar-refractivity contribution in [2.75, 3.05) is 20.7 Å². The monoisotopic (exact) mass is 535 g/mol. The van der Waals surface area contributed by atoms with E-state index in [4.69, 9.17) is 9.99 Å². The molecule has 0 saturated carbocycles. The average molecular weight is 536 g/mol. The van der Waals surface area contributed by atoms with E-state index in [2.05, 4.69) is 19.4 Å². The van der Waals surface area contributed by atoms with Crippen LogP contribution in [0.25, 0.3) is 11.1 Å². The van der Waals surface area contributed by atoms with Crippen molar-refractivity contribution in [3.63, 3.8) is 0 Å². The van der Waals surface area contributed by atoms with Crippen LogP contribution >= 0.6 is 24.1 Å². The molecule has 0 aromatic heterocycles. The van der Waals surface area contributed by atoms with Crippen molar-refractivity contribution in [1.29, 1.82) is 0 Å². The molecule has 0 spiro atoms. The highest BCUT2D eigenvalue weighted by Gasteiger charge is 2.40. The number of fused-ring (bicyclic) bond motifs is 3. The molecule has 36 heavy (non-hydrogen) atoms. The number of barbiturate groups is 1. The summed E-state index contributed by atoms with van der Waals surface area (Å²) < 4.78 is 19.2. The number of oxime groups is 1. The third-order valence-corrected chi connectivity index (χ3v) is 6.56. The number of hydrogen-bond acceptors (Lipinski definition) is 13. The van der Waals surface area contributed by atoms with Crippen molar-refractivity contribution < 1.29 is 47.9 Å². The molecule has 1 unspecified atom stereocenters. The molecule has 188 valence electrons. The van der Waals surface area contributed by atoms with Crippen LogP contribution in [0.15, 0.2) is 51.3 Å². The highest BCUT2D eigenvalue weighted by atomic mass is 32.2. The van der Waals surface area contributed by atoms with Crippen molar-refractivity contribution in [2.45, 2.75) is 15.7 Å². The molecule has 2 aromatic rings. The molecule has 2 aliphatic rings. The topological polar surface area (TPSA) is 165 Å². The fourth-order valence-electron chi connectivity index (χ4n) is 3.81. The Bertz CT molecular complexity index is 1260. The molecule has 1 atom stereocenters. The van der Waals surface area contributed by atoms with Gasteiger partial charge in [0.2, 0.25) is 5.71 Å². The van der Waals surface area contributed by atoms with Gasteiger partial charge in [-0.1, -0.05) is 22.3 Å². The lowest BCUT2D eigenvalue weighted by molar-refractivity contribution is -0.432. The summed E-state index contributed by atoms with van der Waals surface area (Å²) in [5.41, 5.74) is 2.48. The summed E-state index contributed by atoms with van der Waals surface area (Å²) >= 11 is 1.33. The minimum atomic E-state index is -1.28. The normalized spacial score (nSPS) is 16.7. The van der Waals surface area contributed by atoms with Gasteiger partial charge in [0.1, 0.15) is 6.61 Å². The molecule has 0 bridgehead atoms. The number of carbonyl (C=O) groups excluding carboxylic acids is 4. The molecule has 2 aromatic carbocycles. The van der Waals surface area contributed by atoms with Crippen molar-refractivity contribution in [1.82, 2.24) is 9.80 Å². The fraction of sp³-hybridized carbons (Fsp3) is 0.190. The first-order chi connectivity index (χ1) is 17.3. The zero-order valence-corrected chi connectivity index (χ0v) is 20.2. The molecule has 4 amide bonds. The highest BCUT2D eigenvalue weighted by Crippen LogP contribution is 2.47. The lowest BCUT2D eigenvalue weighted by Crippen LogP contribution is -2.57. The van der Waals surface area contributed by atoms with E-state index in [-0.39, 0.29) is 6.61 Å². The molecular weight excluding hydrogens is 518 g/mol. The van der Waals surface area contributed by atoms with Gasteiger partial charge in [0, 0.05) is 41.8 Å². The summed E-state index contributed by atoms with van der Waals surface area (Å²) in [6.45, 7) is -0.213. The third-order valence-electron chi connectivity index (χ3n) is 5.52. The van der Waals surface area contributed by atoms with E-state index in [0.29, 0.717) is 31.6 Å². The Morgan fingerprint density at radius 3 is 2.17 bits per heavy atom. The van der Waals surface area contributed by atoms with Crippen LogP contribution in [0.1, 0.15) is 17.0 Å². The molecule has 0 radical (unpaired) electrons. The predicted molar refractivity (Wildman–Crippen MR) is 124 cm³/mol. The van der Waals surface area contributed by atoms with Crippen LogP contribution in [0.3, 0.4) is 0 Å². The SMILES string of the molecule is CN1C(=O)C(=NOC(=O)OCC2c3cc(SO)ccc3-c3ccc(SOOO)cc32)C(=O)N(C)C1=O. The van der Waals surface area contributed by atoms with E-state index in [1.165, 1.54) is 0 Å². The maximum atomic E-state index is 12.3. The van der Waals surface area contributed by atoms with Crippen LogP contribution in [0, 0.1) is 0 Å². The van der Waals surface area contributed by atoms with Gasteiger partial charge in [0.15, 0.2) is 0 Å². The van der Waals surface area contributed by atoms with Crippen LogP contribution in [0.4, 0.5) is 9.59 Å². The molecule has 1 aliphatic heterocycles. The Labute approximate surface area is 211 Å². The van der Waals surface area contributed by atoms with Gasteiger partial charge < -0.3 is 9.29 Å². The van der Waals surface area contributed by atoms with Gasteiger partial charge in [-0.15, -0.1) is 4.33 Å². The summed E-state index contributed by atoms with van der Waals surface area (Å²) in [6, 6.07) is 9.79. The minimum Gasteiger partial charge on any atom is -0.432 e. The van der Waals surface area contributed by atoms with Crippen LogP contribution in [-0.4, -0.2) is 70.0 Å². The Balaban J connectivity index is 1.53. The minimum absolute atomic E-state index is 0.213. The van der Waals surface area contributed by atoms with Crippen LogP contribution in [0.2, 0.25) is 0 Å². The van der Waals surface area contributed by atoms with Crippen molar-refractivity contribution >= 4 is 53.8 Å². The number of imide groups is 2. The van der Waals surface area contributed by atoms with Crippen molar-refractivity contribution in [3.05, 3.63) is 47.5 Å². The number of carbonyl (C=O) groups is 4. The number of amides is 4. The van der Waals surface area contributed by atoms with Gasteiger partial charge in [0.05, 0.1) is 12.0 Å². The molecule has 2 N–H and O–H groups in total. The second-order valence-electron chi connectivity index (χ2n) is 7.47. The number of benzene rings is 2. The molecule has 1 heterocycles. The van der Waals surface area contributed by atoms with E-state index in [9.17, 15) is 23.7 Å². The van der Waals surface area contributed by atoms with Gasteiger partial charge in [-0.05, 0) is 46.5 Å².